The molecule has 0 amide bonds. The third-order valence-electron chi connectivity index (χ3n) is 4.66. The van der Waals surface area contributed by atoms with Crippen LogP contribution in [0.2, 0.25) is 0 Å². The first-order valence-corrected chi connectivity index (χ1v) is 10.4. The predicted molar refractivity (Wildman–Crippen MR) is 116 cm³/mol. The molecule has 0 N–H and O–H groups in total. The molecule has 1 aromatic heterocycles. The van der Waals surface area contributed by atoms with E-state index >= 15 is 0 Å². The Labute approximate surface area is 189 Å². The number of para-hydroxylation sites is 1. The summed E-state index contributed by atoms with van der Waals surface area (Å²) in [5, 5.41) is 0. The Balaban J connectivity index is 1.94. The molecule has 0 saturated heterocycles. The second-order valence-corrected chi connectivity index (χ2v) is 7.16. The molecule has 0 fully saturated rings. The zero-order chi connectivity index (χ0) is 23.8. The third kappa shape index (κ3) is 6.27. The number of halogens is 3. The summed E-state index contributed by atoms with van der Waals surface area (Å²) < 4.78 is 59.4. The van der Waals surface area contributed by atoms with E-state index in [0.717, 1.165) is 18.3 Å². The second-order valence-electron chi connectivity index (χ2n) is 7.16. The van der Waals surface area contributed by atoms with E-state index in [0.29, 0.717) is 42.0 Å². The van der Waals surface area contributed by atoms with E-state index in [2.05, 4.69) is 4.98 Å². The highest BCUT2D eigenvalue weighted by atomic mass is 19.4. The second kappa shape index (κ2) is 10.9. The van der Waals surface area contributed by atoms with Gasteiger partial charge in [0, 0.05) is 17.5 Å². The van der Waals surface area contributed by atoms with Crippen LogP contribution in [0.5, 0.6) is 17.2 Å². The fraction of sp³-hybridized carbons (Fsp3) is 0.333. The minimum absolute atomic E-state index is 0.0742. The predicted octanol–water partition coefficient (Wildman–Crippen LogP) is 5.88. The lowest BCUT2D eigenvalue weighted by Crippen LogP contribution is -2.19. The number of methoxy groups -OCH3 is 1. The summed E-state index contributed by atoms with van der Waals surface area (Å²) in [4.78, 5) is 15.4. The maximum Gasteiger partial charge on any atom is 0.422 e. The van der Waals surface area contributed by atoms with Crippen molar-refractivity contribution in [3.05, 3.63) is 48.2 Å². The number of nitrogens with zero attached hydrogens (tertiary/aromatic N) is 1. The van der Waals surface area contributed by atoms with Crippen LogP contribution >= 0.6 is 0 Å². The van der Waals surface area contributed by atoms with Gasteiger partial charge in [0.2, 0.25) is 5.89 Å². The lowest BCUT2D eigenvalue weighted by Gasteiger charge is -2.14. The topological polar surface area (TPSA) is 70.8 Å². The van der Waals surface area contributed by atoms with Crippen LogP contribution in [-0.2, 0) is 11.2 Å². The third-order valence-corrected chi connectivity index (χ3v) is 4.66. The van der Waals surface area contributed by atoms with Crippen LogP contribution in [0.15, 0.2) is 47.1 Å². The highest BCUT2D eigenvalue weighted by molar-refractivity contribution is 5.71. The molecule has 0 radical (unpaired) electrons. The number of benzene rings is 2. The smallest absolute Gasteiger partial charge is 0.422 e. The van der Waals surface area contributed by atoms with Crippen LogP contribution < -0.4 is 14.2 Å². The van der Waals surface area contributed by atoms with Gasteiger partial charge in [-0.25, -0.2) is 4.98 Å². The molecule has 33 heavy (non-hydrogen) atoms. The van der Waals surface area contributed by atoms with E-state index < -0.39 is 12.8 Å². The lowest BCUT2D eigenvalue weighted by molar-refractivity contribution is -0.153. The van der Waals surface area contributed by atoms with Crippen LogP contribution in [0.3, 0.4) is 0 Å². The minimum atomic E-state index is -4.49. The Kier molecular flexibility index (Phi) is 7.97. The average molecular weight is 463 g/mol. The van der Waals surface area contributed by atoms with Gasteiger partial charge in [-0.05, 0) is 42.7 Å². The molecular formula is C24H24F3NO5. The molecule has 3 rings (SSSR count). The highest BCUT2D eigenvalue weighted by Crippen LogP contribution is 2.37. The van der Waals surface area contributed by atoms with E-state index in [1.807, 2.05) is 25.1 Å². The van der Waals surface area contributed by atoms with E-state index in [4.69, 9.17) is 18.6 Å². The van der Waals surface area contributed by atoms with Crippen molar-refractivity contribution in [2.24, 2.45) is 0 Å². The summed E-state index contributed by atoms with van der Waals surface area (Å²) in [6.45, 7) is 1.04. The number of aryl methyl sites for hydroxylation is 1. The Morgan fingerprint density at radius 3 is 2.64 bits per heavy atom. The van der Waals surface area contributed by atoms with Crippen LogP contribution in [0.25, 0.3) is 22.7 Å². The quantitative estimate of drug-likeness (QED) is 0.331. The van der Waals surface area contributed by atoms with Crippen molar-refractivity contribution in [2.75, 3.05) is 20.3 Å². The normalized spacial score (nSPS) is 11.3. The standard InChI is InChI=1S/C24H24F3NO5/c1-3-12-31-22-16(7-5-11-29)6-4-8-18(22)19-14-32-23(28-19)17-9-10-20(30-2)21(13-17)33-15-24(25,26)27/h4,6,8-11,13-14H,3,5,7,12,15H2,1-2H3. The number of carbonyl (C=O) groups is 1. The summed E-state index contributed by atoms with van der Waals surface area (Å²) in [6, 6.07) is 10.1. The molecule has 1 heterocycles. The number of ether oxygens (including phenoxy) is 3. The summed E-state index contributed by atoms with van der Waals surface area (Å²) in [5.74, 6) is 0.914. The van der Waals surface area contributed by atoms with Crippen molar-refractivity contribution < 1.29 is 36.6 Å². The summed E-state index contributed by atoms with van der Waals surface area (Å²) >= 11 is 0. The Morgan fingerprint density at radius 2 is 1.94 bits per heavy atom. The first kappa shape index (κ1) is 24.2. The summed E-state index contributed by atoms with van der Waals surface area (Å²) in [7, 11) is 1.34. The maximum absolute atomic E-state index is 12.6. The number of hydrogen-bond donors (Lipinski definition) is 0. The molecule has 9 heteroatoms. The molecule has 0 bridgehead atoms. The largest absolute Gasteiger partial charge is 0.493 e. The van der Waals surface area contributed by atoms with Crippen molar-refractivity contribution in [3.8, 4) is 40.0 Å². The van der Waals surface area contributed by atoms with E-state index in [1.54, 1.807) is 6.07 Å². The molecule has 0 aliphatic carbocycles. The molecule has 0 unspecified atom stereocenters. The number of alkyl halides is 3. The molecule has 3 aromatic rings. The number of hydrogen-bond acceptors (Lipinski definition) is 6. The van der Waals surface area contributed by atoms with Crippen LogP contribution in [-0.4, -0.2) is 37.8 Å². The Bertz CT molecular complexity index is 1080. The number of rotatable bonds is 11. The molecule has 176 valence electrons. The fourth-order valence-corrected chi connectivity index (χ4v) is 3.18. The van der Waals surface area contributed by atoms with E-state index in [-0.39, 0.29) is 17.4 Å². The molecular weight excluding hydrogens is 439 g/mol. The minimum Gasteiger partial charge on any atom is -0.493 e. The Hall–Kier alpha value is -3.49. The van der Waals surface area contributed by atoms with Crippen molar-refractivity contribution in [3.63, 3.8) is 0 Å². The molecule has 6 nitrogen and oxygen atoms in total. The monoisotopic (exact) mass is 463 g/mol. The maximum atomic E-state index is 12.6. The molecule has 0 saturated carbocycles. The van der Waals surface area contributed by atoms with Gasteiger partial charge < -0.3 is 23.4 Å². The van der Waals surface area contributed by atoms with Crippen molar-refractivity contribution in [2.45, 2.75) is 32.4 Å². The molecule has 0 aliphatic heterocycles. The van der Waals surface area contributed by atoms with Crippen LogP contribution in [0.4, 0.5) is 13.2 Å². The highest BCUT2D eigenvalue weighted by Gasteiger charge is 2.29. The van der Waals surface area contributed by atoms with Gasteiger partial charge in [-0.2, -0.15) is 13.2 Å². The summed E-state index contributed by atoms with van der Waals surface area (Å²) in [6.07, 6.45) is -0.485. The fourth-order valence-electron chi connectivity index (χ4n) is 3.18. The number of oxazole rings is 1. The zero-order valence-electron chi connectivity index (χ0n) is 18.3. The summed E-state index contributed by atoms with van der Waals surface area (Å²) in [5.41, 5.74) is 2.50. The van der Waals surface area contributed by atoms with Gasteiger partial charge in [0.15, 0.2) is 18.1 Å². The number of aldehydes is 1. The first-order chi connectivity index (χ1) is 15.9. The van der Waals surface area contributed by atoms with Crippen LogP contribution in [0, 0.1) is 0 Å². The zero-order valence-corrected chi connectivity index (χ0v) is 18.3. The van der Waals surface area contributed by atoms with Crippen molar-refractivity contribution >= 4 is 6.29 Å². The van der Waals surface area contributed by atoms with E-state index in [9.17, 15) is 18.0 Å². The van der Waals surface area contributed by atoms with Gasteiger partial charge in [0.25, 0.3) is 0 Å². The van der Waals surface area contributed by atoms with Gasteiger partial charge in [-0.3, -0.25) is 0 Å². The van der Waals surface area contributed by atoms with Crippen LogP contribution in [0.1, 0.15) is 25.3 Å². The van der Waals surface area contributed by atoms with E-state index in [1.165, 1.54) is 25.5 Å². The van der Waals surface area contributed by atoms with Crippen molar-refractivity contribution in [1.82, 2.24) is 4.98 Å². The van der Waals surface area contributed by atoms with Gasteiger partial charge >= 0.3 is 6.18 Å². The van der Waals surface area contributed by atoms with Gasteiger partial charge in [0.05, 0.1) is 13.7 Å². The van der Waals surface area contributed by atoms with Gasteiger partial charge in [0.1, 0.15) is 24.0 Å². The number of carbonyl (C=O) groups excluding carboxylic acids is 1. The van der Waals surface area contributed by atoms with Gasteiger partial charge in [-0.1, -0.05) is 19.1 Å². The Morgan fingerprint density at radius 1 is 1.12 bits per heavy atom. The first-order valence-electron chi connectivity index (χ1n) is 10.4. The molecule has 2 aromatic carbocycles. The number of aromatic nitrogens is 1. The van der Waals surface area contributed by atoms with Crippen molar-refractivity contribution in [1.29, 1.82) is 0 Å². The molecule has 0 aliphatic rings. The van der Waals surface area contributed by atoms with Gasteiger partial charge in [-0.15, -0.1) is 0 Å². The SMILES string of the molecule is CCCOc1c(CCC=O)cccc1-c1coc(-c2ccc(OC)c(OCC(F)(F)F)c2)n1. The molecule has 0 atom stereocenters. The molecule has 0 spiro atoms. The average Bonchev–Trinajstić information content (AvgIpc) is 3.29. The lowest BCUT2D eigenvalue weighted by atomic mass is 10.0.